The van der Waals surface area contributed by atoms with Gasteiger partial charge < -0.3 is 72.5 Å². The van der Waals surface area contributed by atoms with Crippen molar-refractivity contribution >= 4 is 0 Å². The van der Waals surface area contributed by atoms with Crippen molar-refractivity contribution in [2.24, 2.45) is 28.9 Å². The van der Waals surface area contributed by atoms with Gasteiger partial charge in [0.2, 0.25) is 0 Å². The Kier molecular flexibility index (Phi) is 5.76. The first-order valence-corrected chi connectivity index (χ1v) is 11.9. The zero-order valence-electron chi connectivity index (χ0n) is 19.7. The number of nitrogens with two attached hydrogens (primary N) is 4. The number of aliphatic hydroxyl groups is 6. The molecule has 0 amide bonds. The van der Waals surface area contributed by atoms with Gasteiger partial charge in [0.25, 0.3) is 0 Å². The van der Waals surface area contributed by atoms with Crippen LogP contribution in [0, 0.1) is 5.92 Å². The highest BCUT2D eigenvalue weighted by molar-refractivity contribution is 5.45. The lowest BCUT2D eigenvalue weighted by molar-refractivity contribution is -0.347. The van der Waals surface area contributed by atoms with Gasteiger partial charge in [0, 0.05) is 24.5 Å². The third-order valence-electron chi connectivity index (χ3n) is 8.88. The summed E-state index contributed by atoms with van der Waals surface area (Å²) in [6.45, 7) is 2.26. The fourth-order valence-corrected chi connectivity index (χ4v) is 7.09. The molecule has 35 heavy (non-hydrogen) atoms. The number of ether oxygens (including phenoxy) is 4. The zero-order valence-corrected chi connectivity index (χ0v) is 19.7. The van der Waals surface area contributed by atoms with E-state index in [2.05, 4.69) is 0 Å². The maximum absolute atomic E-state index is 11.2. The number of hydrogen-bond acceptors (Lipinski definition) is 14. The van der Waals surface area contributed by atoms with Gasteiger partial charge in [-0.2, -0.15) is 0 Å². The molecule has 5 aliphatic rings. The Labute approximate surface area is 202 Å². The molecule has 3 saturated carbocycles. The SMILES string of the molecule is CC1(N)CC(N)[C@@H](OC23OC(CO)[C@@H](O)C4(O[C@@H]5O[C@H](CN)C(O)C5O)CC2(N)[C@@H]43)[C@@](C)(O)C1O. The molecule has 14 nitrogen and oxygen atoms in total. The highest BCUT2D eigenvalue weighted by Crippen LogP contribution is 2.78. The topological polar surface area (TPSA) is 262 Å². The summed E-state index contributed by atoms with van der Waals surface area (Å²) in [7, 11) is 0. The van der Waals surface area contributed by atoms with Crippen molar-refractivity contribution in [1.82, 2.24) is 0 Å². The van der Waals surface area contributed by atoms with Gasteiger partial charge in [0.05, 0.1) is 18.1 Å². The Morgan fingerprint density at radius 1 is 1.03 bits per heavy atom. The monoisotopic (exact) mass is 506 g/mol. The van der Waals surface area contributed by atoms with Crippen LogP contribution in [0.5, 0.6) is 0 Å². The summed E-state index contributed by atoms with van der Waals surface area (Å²) in [5, 5.41) is 63.6. The van der Waals surface area contributed by atoms with Crippen LogP contribution in [0.2, 0.25) is 0 Å². The van der Waals surface area contributed by atoms with E-state index in [9.17, 15) is 30.6 Å². The minimum Gasteiger partial charge on any atom is -0.394 e. The summed E-state index contributed by atoms with van der Waals surface area (Å²) < 4.78 is 23.9. The first-order valence-electron chi connectivity index (χ1n) is 11.9. The number of fused-ring (bicyclic) bond motifs is 1. The minimum atomic E-state index is -1.88. The molecule has 14 N–H and O–H groups in total. The van der Waals surface area contributed by atoms with Gasteiger partial charge in [-0.25, -0.2) is 0 Å². The van der Waals surface area contributed by atoms with E-state index in [1.54, 1.807) is 6.92 Å². The predicted molar refractivity (Wildman–Crippen MR) is 116 cm³/mol. The van der Waals surface area contributed by atoms with Crippen LogP contribution in [0.15, 0.2) is 0 Å². The Bertz CT molecular complexity index is 866. The van der Waals surface area contributed by atoms with Crippen molar-refractivity contribution in [2.75, 3.05) is 13.2 Å². The van der Waals surface area contributed by atoms with Gasteiger partial charge >= 0.3 is 0 Å². The van der Waals surface area contributed by atoms with E-state index >= 15 is 0 Å². The molecule has 0 aromatic heterocycles. The molecule has 15 atom stereocenters. The average molecular weight is 507 g/mol. The van der Waals surface area contributed by atoms with Crippen molar-refractivity contribution in [3.63, 3.8) is 0 Å². The second kappa shape index (κ2) is 7.74. The molecule has 14 heteroatoms. The normalized spacial score (nSPS) is 63.4. The molecular weight excluding hydrogens is 468 g/mol. The Morgan fingerprint density at radius 3 is 2.26 bits per heavy atom. The third kappa shape index (κ3) is 3.15. The second-order valence-corrected chi connectivity index (χ2v) is 11.5. The quantitative estimate of drug-likeness (QED) is 0.161. The van der Waals surface area contributed by atoms with Crippen LogP contribution in [0.4, 0.5) is 0 Å². The molecule has 9 unspecified atom stereocenters. The largest absolute Gasteiger partial charge is 0.394 e. The molecule has 3 aliphatic carbocycles. The van der Waals surface area contributed by atoms with E-state index in [0.29, 0.717) is 0 Å². The number of hydrogen-bond donors (Lipinski definition) is 10. The molecule has 2 heterocycles. The van der Waals surface area contributed by atoms with Crippen molar-refractivity contribution in [3.8, 4) is 0 Å². The summed E-state index contributed by atoms with van der Waals surface area (Å²) in [5.41, 5.74) is 19.0. The van der Waals surface area contributed by atoms with Crippen molar-refractivity contribution in [3.05, 3.63) is 0 Å². The number of rotatable bonds is 6. The number of aliphatic hydroxyl groups excluding tert-OH is 5. The second-order valence-electron chi connectivity index (χ2n) is 11.5. The predicted octanol–water partition coefficient (Wildman–Crippen LogP) is -5.73. The summed E-state index contributed by atoms with van der Waals surface area (Å²) in [6.07, 6.45) is -9.92. The maximum atomic E-state index is 11.2. The maximum Gasteiger partial charge on any atom is 0.195 e. The van der Waals surface area contributed by atoms with Crippen molar-refractivity contribution < 1.29 is 49.6 Å². The van der Waals surface area contributed by atoms with Gasteiger partial charge in [0.15, 0.2) is 12.1 Å². The standard InChI is InChI=1S/C21H38N4O10/c1-17(24)3-7(23)13(18(2,31)16(17)30)34-21-15-19(6-20(15,21)25,12(29)9(5-26)33-21)35-14-11(28)10(27)8(4-22)32-14/h7-16,26-31H,3-6,22-25H2,1-2H3/t7?,8-,9?,10?,11?,12-,13-,14+,15-,16?,17?,18-,19?,20?,21?/m1/s1. The fraction of sp³-hybridized carbons (Fsp3) is 1.00. The highest BCUT2D eigenvalue weighted by atomic mass is 16.8. The van der Waals surface area contributed by atoms with Crippen LogP contribution in [-0.4, -0.2) is 127 Å². The molecule has 202 valence electrons. The molecule has 0 radical (unpaired) electrons. The minimum absolute atomic E-state index is 0.000438. The smallest absolute Gasteiger partial charge is 0.195 e. The summed E-state index contributed by atoms with van der Waals surface area (Å²) in [5.74, 6) is -2.42. The molecule has 5 fully saturated rings. The van der Waals surface area contributed by atoms with Crippen LogP contribution in [0.25, 0.3) is 0 Å². The summed E-state index contributed by atoms with van der Waals surface area (Å²) >= 11 is 0. The molecule has 5 rings (SSSR count). The Hall–Kier alpha value is -0.560. The van der Waals surface area contributed by atoms with Crippen molar-refractivity contribution in [2.45, 2.75) is 110 Å². The molecule has 2 aliphatic heterocycles. The Morgan fingerprint density at radius 2 is 1.69 bits per heavy atom. The lowest BCUT2D eigenvalue weighted by Crippen LogP contribution is -2.74. The first kappa shape index (κ1) is 26.1. The van der Waals surface area contributed by atoms with Crippen molar-refractivity contribution in [1.29, 1.82) is 0 Å². The van der Waals surface area contributed by atoms with E-state index in [1.807, 2.05) is 0 Å². The summed E-state index contributed by atoms with van der Waals surface area (Å²) in [4.78, 5) is 0. The van der Waals surface area contributed by atoms with Gasteiger partial charge in [0.1, 0.15) is 53.9 Å². The van der Waals surface area contributed by atoms with Gasteiger partial charge in [-0.05, 0) is 20.3 Å². The van der Waals surface area contributed by atoms with E-state index in [1.165, 1.54) is 6.92 Å². The lowest BCUT2D eigenvalue weighted by atomic mass is 9.68. The molecule has 0 aromatic rings. The molecule has 0 aromatic carbocycles. The zero-order chi connectivity index (χ0) is 25.9. The van der Waals surface area contributed by atoms with Crippen LogP contribution < -0.4 is 22.9 Å². The summed E-state index contributed by atoms with van der Waals surface area (Å²) in [6, 6.07) is -0.805. The molecule has 2 saturated heterocycles. The van der Waals surface area contributed by atoms with Gasteiger partial charge in [-0.15, -0.1) is 0 Å². The Balaban J connectivity index is 1.45. The van der Waals surface area contributed by atoms with Crippen LogP contribution in [-0.2, 0) is 18.9 Å². The van der Waals surface area contributed by atoms with Crippen LogP contribution in [0.1, 0.15) is 26.7 Å². The third-order valence-corrected chi connectivity index (χ3v) is 8.88. The lowest BCUT2D eigenvalue weighted by Gasteiger charge is -2.53. The van der Waals surface area contributed by atoms with E-state index in [4.69, 9.17) is 41.9 Å². The first-order chi connectivity index (χ1) is 16.1. The van der Waals surface area contributed by atoms with E-state index < -0.39 is 95.7 Å². The van der Waals surface area contributed by atoms with E-state index in [-0.39, 0.29) is 19.4 Å². The molecular formula is C21H38N4O10. The van der Waals surface area contributed by atoms with Crippen LogP contribution >= 0.6 is 0 Å². The van der Waals surface area contributed by atoms with Crippen LogP contribution in [0.3, 0.4) is 0 Å². The van der Waals surface area contributed by atoms with Gasteiger partial charge in [-0.1, -0.05) is 0 Å². The highest BCUT2D eigenvalue weighted by Gasteiger charge is 2.97. The van der Waals surface area contributed by atoms with Gasteiger partial charge in [-0.3, -0.25) is 0 Å². The van der Waals surface area contributed by atoms with E-state index in [0.717, 1.165) is 0 Å². The molecule has 0 spiro atoms. The molecule has 0 bridgehead atoms. The average Bonchev–Trinajstić information content (AvgIpc) is 3.10. The fourth-order valence-electron chi connectivity index (χ4n) is 7.09.